The molecule has 0 fully saturated rings. The Bertz CT molecular complexity index is 421. The topological polar surface area (TPSA) is 50.1 Å². The summed E-state index contributed by atoms with van der Waals surface area (Å²) in [5.41, 5.74) is 1.67. The van der Waals surface area contributed by atoms with E-state index in [1.54, 1.807) is 6.07 Å². The number of aryl methyl sites for hydroxylation is 1. The van der Waals surface area contributed by atoms with Gasteiger partial charge in [0.25, 0.3) is 0 Å². The molecule has 0 aliphatic heterocycles. The van der Waals surface area contributed by atoms with Gasteiger partial charge in [-0.25, -0.2) is 4.79 Å². The minimum absolute atomic E-state index is 0.379. The van der Waals surface area contributed by atoms with Gasteiger partial charge in [-0.2, -0.15) is 5.26 Å². The summed E-state index contributed by atoms with van der Waals surface area (Å²) in [6, 6.07) is 5.19. The van der Waals surface area contributed by atoms with E-state index < -0.39 is 5.97 Å². The average Bonchev–Trinajstić information content (AvgIpc) is 2.20. The van der Waals surface area contributed by atoms with Crippen LogP contribution < -0.4 is 0 Å². The normalized spacial score (nSPS) is 9.29. The third kappa shape index (κ3) is 1.94. The first-order valence-electron chi connectivity index (χ1n) is 3.88. The molecule has 0 heterocycles. The van der Waals surface area contributed by atoms with Crippen LogP contribution in [0, 0.1) is 18.3 Å². The van der Waals surface area contributed by atoms with Gasteiger partial charge < -0.3 is 4.74 Å². The van der Waals surface area contributed by atoms with Gasteiger partial charge in [-0.1, -0.05) is 0 Å². The molecule has 0 bridgehead atoms. The zero-order valence-electron chi connectivity index (χ0n) is 7.80. The van der Waals surface area contributed by atoms with Gasteiger partial charge in [-0.3, -0.25) is 0 Å². The first-order valence-corrected chi connectivity index (χ1v) is 4.68. The number of esters is 1. The van der Waals surface area contributed by atoms with Crippen molar-refractivity contribution in [3.63, 3.8) is 0 Å². The highest BCUT2D eigenvalue weighted by Crippen LogP contribution is 2.23. The number of nitrogens with zero attached hydrogens (tertiary/aromatic N) is 1. The maximum atomic E-state index is 11.3. The van der Waals surface area contributed by atoms with Crippen molar-refractivity contribution in [2.75, 3.05) is 7.11 Å². The number of carbonyl (C=O) groups excluding carboxylic acids is 1. The Kier molecular flexibility index (Phi) is 3.26. The third-order valence-electron chi connectivity index (χ3n) is 1.79. The number of hydrogen-bond donors (Lipinski definition) is 0. The van der Waals surface area contributed by atoms with E-state index in [0.717, 1.165) is 5.56 Å². The van der Waals surface area contributed by atoms with E-state index in [2.05, 4.69) is 20.7 Å². The van der Waals surface area contributed by atoms with Gasteiger partial charge in [-0.05, 0) is 40.5 Å². The van der Waals surface area contributed by atoms with Crippen molar-refractivity contribution in [1.82, 2.24) is 0 Å². The lowest BCUT2D eigenvalue weighted by Crippen LogP contribution is -2.03. The lowest BCUT2D eigenvalue weighted by molar-refractivity contribution is 0.0599. The molecule has 0 saturated heterocycles. The SMILES string of the molecule is COC(=O)c1cc(C#N)cc(C)c1Br. The molecule has 0 radical (unpaired) electrons. The van der Waals surface area contributed by atoms with E-state index in [1.165, 1.54) is 13.2 Å². The molecule has 0 spiro atoms. The Balaban J connectivity index is 3.36. The van der Waals surface area contributed by atoms with Gasteiger partial charge in [0.15, 0.2) is 0 Å². The Hall–Kier alpha value is -1.34. The average molecular weight is 254 g/mol. The lowest BCUT2D eigenvalue weighted by atomic mass is 10.1. The molecule has 1 rings (SSSR count). The van der Waals surface area contributed by atoms with Crippen LogP contribution in [-0.2, 0) is 4.74 Å². The Morgan fingerprint density at radius 2 is 2.21 bits per heavy atom. The number of benzene rings is 1. The van der Waals surface area contributed by atoms with Crippen molar-refractivity contribution in [3.8, 4) is 6.07 Å². The number of methoxy groups -OCH3 is 1. The predicted octanol–water partition coefficient (Wildman–Crippen LogP) is 2.42. The standard InChI is InChI=1S/C10H8BrNO2/c1-6-3-7(5-12)4-8(9(6)11)10(13)14-2/h3-4H,1-2H3. The number of rotatable bonds is 1. The fourth-order valence-corrected chi connectivity index (χ4v) is 1.48. The van der Waals surface area contributed by atoms with Crippen molar-refractivity contribution < 1.29 is 9.53 Å². The highest BCUT2D eigenvalue weighted by Gasteiger charge is 2.13. The second kappa shape index (κ2) is 4.25. The highest BCUT2D eigenvalue weighted by atomic mass is 79.9. The van der Waals surface area contributed by atoms with Crippen molar-refractivity contribution in [1.29, 1.82) is 5.26 Å². The van der Waals surface area contributed by atoms with Gasteiger partial charge in [0, 0.05) is 4.47 Å². The van der Waals surface area contributed by atoms with Crippen molar-refractivity contribution in [3.05, 3.63) is 33.3 Å². The first kappa shape index (κ1) is 10.7. The number of halogens is 1. The third-order valence-corrected chi connectivity index (χ3v) is 2.84. The summed E-state index contributed by atoms with van der Waals surface area (Å²) in [4.78, 5) is 11.3. The Labute approximate surface area is 90.4 Å². The molecule has 72 valence electrons. The summed E-state index contributed by atoms with van der Waals surface area (Å²) in [5.74, 6) is -0.447. The van der Waals surface area contributed by atoms with Crippen LogP contribution in [0.15, 0.2) is 16.6 Å². The zero-order chi connectivity index (χ0) is 10.7. The first-order chi connectivity index (χ1) is 6.60. The summed E-state index contributed by atoms with van der Waals surface area (Å²) in [5, 5.41) is 8.71. The van der Waals surface area contributed by atoms with Crippen LogP contribution >= 0.6 is 15.9 Å². The van der Waals surface area contributed by atoms with E-state index in [1.807, 2.05) is 13.0 Å². The van der Waals surface area contributed by atoms with Crippen molar-refractivity contribution in [2.45, 2.75) is 6.92 Å². The molecule has 0 aliphatic rings. The largest absolute Gasteiger partial charge is 0.465 e. The minimum atomic E-state index is -0.447. The molecular formula is C10H8BrNO2. The quantitative estimate of drug-likeness (QED) is 0.723. The fourth-order valence-electron chi connectivity index (χ4n) is 1.09. The van der Waals surface area contributed by atoms with E-state index in [-0.39, 0.29) is 0 Å². The molecule has 0 aromatic heterocycles. The van der Waals surface area contributed by atoms with E-state index in [4.69, 9.17) is 5.26 Å². The summed E-state index contributed by atoms with van der Waals surface area (Å²) in [6.07, 6.45) is 0. The van der Waals surface area contributed by atoms with Gasteiger partial charge in [0.1, 0.15) is 0 Å². The summed E-state index contributed by atoms with van der Waals surface area (Å²) >= 11 is 3.27. The van der Waals surface area contributed by atoms with Crippen LogP contribution in [-0.4, -0.2) is 13.1 Å². The number of ether oxygens (including phenoxy) is 1. The summed E-state index contributed by atoms with van der Waals surface area (Å²) in [7, 11) is 1.31. The monoisotopic (exact) mass is 253 g/mol. The Morgan fingerprint density at radius 3 is 2.71 bits per heavy atom. The zero-order valence-corrected chi connectivity index (χ0v) is 9.38. The van der Waals surface area contributed by atoms with E-state index >= 15 is 0 Å². The highest BCUT2D eigenvalue weighted by molar-refractivity contribution is 9.10. The van der Waals surface area contributed by atoms with Crippen LogP contribution in [0.4, 0.5) is 0 Å². The van der Waals surface area contributed by atoms with E-state index in [0.29, 0.717) is 15.6 Å². The molecule has 0 saturated carbocycles. The maximum Gasteiger partial charge on any atom is 0.339 e. The minimum Gasteiger partial charge on any atom is -0.465 e. The molecular weight excluding hydrogens is 246 g/mol. The number of carbonyl (C=O) groups is 1. The van der Waals surface area contributed by atoms with Gasteiger partial charge >= 0.3 is 5.97 Å². The molecule has 1 aromatic carbocycles. The molecule has 0 unspecified atom stereocenters. The van der Waals surface area contributed by atoms with Gasteiger partial charge in [0.05, 0.1) is 24.3 Å². The molecule has 0 atom stereocenters. The van der Waals surface area contributed by atoms with Crippen LogP contribution in [0.5, 0.6) is 0 Å². The molecule has 0 N–H and O–H groups in total. The smallest absolute Gasteiger partial charge is 0.339 e. The predicted molar refractivity (Wildman–Crippen MR) is 54.9 cm³/mol. The van der Waals surface area contributed by atoms with Crippen LogP contribution in [0.3, 0.4) is 0 Å². The van der Waals surface area contributed by atoms with Gasteiger partial charge in [0.2, 0.25) is 0 Å². The van der Waals surface area contributed by atoms with Crippen molar-refractivity contribution >= 4 is 21.9 Å². The lowest BCUT2D eigenvalue weighted by Gasteiger charge is -2.05. The molecule has 1 aromatic rings. The van der Waals surface area contributed by atoms with Crippen LogP contribution in [0.2, 0.25) is 0 Å². The number of nitriles is 1. The molecule has 3 nitrogen and oxygen atoms in total. The molecule has 0 aliphatic carbocycles. The van der Waals surface area contributed by atoms with Crippen LogP contribution in [0.25, 0.3) is 0 Å². The fraction of sp³-hybridized carbons (Fsp3) is 0.200. The summed E-state index contributed by atoms with van der Waals surface area (Å²) in [6.45, 7) is 1.82. The Morgan fingerprint density at radius 1 is 1.57 bits per heavy atom. The second-order valence-corrected chi connectivity index (χ2v) is 3.55. The van der Waals surface area contributed by atoms with Crippen molar-refractivity contribution in [2.24, 2.45) is 0 Å². The molecule has 4 heteroatoms. The molecule has 0 amide bonds. The van der Waals surface area contributed by atoms with E-state index in [9.17, 15) is 4.79 Å². The summed E-state index contributed by atoms with van der Waals surface area (Å²) < 4.78 is 5.26. The number of hydrogen-bond acceptors (Lipinski definition) is 3. The molecule has 14 heavy (non-hydrogen) atoms. The van der Waals surface area contributed by atoms with Gasteiger partial charge in [-0.15, -0.1) is 0 Å². The maximum absolute atomic E-state index is 11.3. The van der Waals surface area contributed by atoms with Crippen LogP contribution in [0.1, 0.15) is 21.5 Å². The second-order valence-electron chi connectivity index (χ2n) is 2.76.